The molecule has 82 valence electrons. The molecule has 0 amide bonds. The van der Waals surface area contributed by atoms with Gasteiger partial charge in [-0.1, -0.05) is 32.3 Å². The van der Waals surface area contributed by atoms with Crippen molar-refractivity contribution in [2.45, 2.75) is 64.4 Å². The molecule has 1 heterocycles. The minimum atomic E-state index is -0.435. The predicted octanol–water partition coefficient (Wildman–Crippen LogP) is 3.27. The van der Waals surface area contributed by atoms with Gasteiger partial charge < -0.3 is 9.47 Å². The molecule has 1 aliphatic heterocycles. The van der Waals surface area contributed by atoms with Gasteiger partial charge in [0.2, 0.25) is 0 Å². The second-order valence-corrected chi connectivity index (χ2v) is 4.37. The molecule has 1 aliphatic rings. The smallest absolute Gasteiger partial charge is 0.164 e. The van der Waals surface area contributed by atoms with Crippen molar-refractivity contribution in [1.82, 2.24) is 0 Å². The van der Waals surface area contributed by atoms with Crippen LogP contribution in [0.4, 0.5) is 0 Å². The number of ether oxygens (including phenoxy) is 2. The molecule has 14 heavy (non-hydrogen) atoms. The minimum absolute atomic E-state index is 0.0712. The lowest BCUT2D eigenvalue weighted by atomic mass is 10.1. The van der Waals surface area contributed by atoms with E-state index in [0.717, 1.165) is 6.42 Å². The molecule has 0 N–H and O–H groups in total. The van der Waals surface area contributed by atoms with Gasteiger partial charge in [-0.05, 0) is 20.3 Å². The van der Waals surface area contributed by atoms with Crippen LogP contribution in [-0.2, 0) is 9.47 Å². The summed E-state index contributed by atoms with van der Waals surface area (Å²) in [5.74, 6) is -0.435. The number of hydrogen-bond donors (Lipinski definition) is 0. The third-order valence-corrected chi connectivity index (χ3v) is 2.55. The van der Waals surface area contributed by atoms with Crippen molar-refractivity contribution in [1.29, 1.82) is 0 Å². The van der Waals surface area contributed by atoms with Crippen LogP contribution in [0.1, 0.15) is 46.5 Å². The van der Waals surface area contributed by atoms with Crippen molar-refractivity contribution in [3.63, 3.8) is 0 Å². The minimum Gasteiger partial charge on any atom is -0.344 e. The first-order valence-electron chi connectivity index (χ1n) is 5.57. The first-order valence-corrected chi connectivity index (χ1v) is 5.57. The molecular formula is C12H22O2. The summed E-state index contributed by atoms with van der Waals surface area (Å²) in [5.41, 5.74) is 0. The maximum Gasteiger partial charge on any atom is 0.164 e. The highest BCUT2D eigenvalue weighted by atomic mass is 16.7. The highest BCUT2D eigenvalue weighted by Gasteiger charge is 2.38. The fraction of sp³-hybridized carbons (Fsp3) is 0.833. The van der Waals surface area contributed by atoms with E-state index in [1.807, 2.05) is 19.9 Å². The lowest BCUT2D eigenvalue weighted by molar-refractivity contribution is -0.143. The summed E-state index contributed by atoms with van der Waals surface area (Å²) in [7, 11) is 0. The lowest BCUT2D eigenvalue weighted by Crippen LogP contribution is -2.21. The van der Waals surface area contributed by atoms with E-state index < -0.39 is 5.79 Å². The molecule has 2 nitrogen and oxygen atoms in total. The van der Waals surface area contributed by atoms with Gasteiger partial charge in [0.1, 0.15) is 6.10 Å². The van der Waals surface area contributed by atoms with Gasteiger partial charge in [-0.15, -0.1) is 6.58 Å². The van der Waals surface area contributed by atoms with Crippen molar-refractivity contribution >= 4 is 0 Å². The molecular weight excluding hydrogens is 176 g/mol. The van der Waals surface area contributed by atoms with Crippen LogP contribution >= 0.6 is 0 Å². The normalized spacial score (nSPS) is 30.5. The van der Waals surface area contributed by atoms with Crippen LogP contribution in [0, 0.1) is 0 Å². The zero-order valence-electron chi connectivity index (χ0n) is 9.58. The summed E-state index contributed by atoms with van der Waals surface area (Å²) in [6, 6.07) is 0. The van der Waals surface area contributed by atoms with Crippen LogP contribution in [-0.4, -0.2) is 18.0 Å². The van der Waals surface area contributed by atoms with Gasteiger partial charge in [0.25, 0.3) is 0 Å². The van der Waals surface area contributed by atoms with Crippen LogP contribution < -0.4 is 0 Å². The Morgan fingerprint density at radius 3 is 2.57 bits per heavy atom. The zero-order valence-corrected chi connectivity index (χ0v) is 9.58. The highest BCUT2D eigenvalue weighted by molar-refractivity contribution is 4.92. The summed E-state index contributed by atoms with van der Waals surface area (Å²) >= 11 is 0. The van der Waals surface area contributed by atoms with Gasteiger partial charge in [0, 0.05) is 0 Å². The van der Waals surface area contributed by atoms with Gasteiger partial charge in [-0.25, -0.2) is 0 Å². The summed E-state index contributed by atoms with van der Waals surface area (Å²) in [4.78, 5) is 0. The third kappa shape index (κ3) is 3.10. The molecule has 0 spiro atoms. The first-order chi connectivity index (χ1) is 6.59. The number of hydrogen-bond acceptors (Lipinski definition) is 2. The fourth-order valence-corrected chi connectivity index (χ4v) is 1.88. The van der Waals surface area contributed by atoms with Crippen LogP contribution in [0.25, 0.3) is 0 Å². The van der Waals surface area contributed by atoms with Crippen LogP contribution in [0.15, 0.2) is 12.7 Å². The van der Waals surface area contributed by atoms with E-state index in [4.69, 9.17) is 9.47 Å². The summed E-state index contributed by atoms with van der Waals surface area (Å²) < 4.78 is 11.5. The average molecular weight is 198 g/mol. The molecule has 0 aromatic rings. The van der Waals surface area contributed by atoms with E-state index in [0.29, 0.717) is 0 Å². The van der Waals surface area contributed by atoms with E-state index >= 15 is 0 Å². The Morgan fingerprint density at radius 2 is 2.00 bits per heavy atom. The first kappa shape index (κ1) is 11.7. The quantitative estimate of drug-likeness (QED) is 0.498. The molecule has 2 atom stereocenters. The monoisotopic (exact) mass is 198 g/mol. The fourth-order valence-electron chi connectivity index (χ4n) is 1.88. The highest BCUT2D eigenvalue weighted by Crippen LogP contribution is 2.31. The topological polar surface area (TPSA) is 18.5 Å². The maximum atomic E-state index is 5.81. The van der Waals surface area contributed by atoms with Gasteiger partial charge in [-0.2, -0.15) is 0 Å². The zero-order chi connectivity index (χ0) is 10.6. The van der Waals surface area contributed by atoms with E-state index in [9.17, 15) is 0 Å². The van der Waals surface area contributed by atoms with Crippen LogP contribution in [0.2, 0.25) is 0 Å². The van der Waals surface area contributed by atoms with E-state index in [1.165, 1.54) is 19.3 Å². The summed E-state index contributed by atoms with van der Waals surface area (Å²) in [5, 5.41) is 0. The SMILES string of the molecule is C=CC1OC(C)(C)OC1CCCCC. The number of rotatable bonds is 5. The number of unbranched alkanes of at least 4 members (excludes halogenated alkanes) is 2. The summed E-state index contributed by atoms with van der Waals surface area (Å²) in [6.45, 7) is 9.91. The maximum absolute atomic E-state index is 5.81. The molecule has 1 fully saturated rings. The third-order valence-electron chi connectivity index (χ3n) is 2.55. The Labute approximate surface area is 87.3 Å². The predicted molar refractivity (Wildman–Crippen MR) is 58.2 cm³/mol. The second kappa shape index (κ2) is 4.94. The van der Waals surface area contributed by atoms with E-state index in [-0.39, 0.29) is 12.2 Å². The molecule has 0 aromatic heterocycles. The Balaban J connectivity index is 2.39. The van der Waals surface area contributed by atoms with Gasteiger partial charge in [0.05, 0.1) is 6.10 Å². The Hall–Kier alpha value is -0.340. The largest absolute Gasteiger partial charge is 0.344 e. The van der Waals surface area contributed by atoms with E-state index in [2.05, 4.69) is 13.5 Å². The average Bonchev–Trinajstić information content (AvgIpc) is 2.41. The summed E-state index contributed by atoms with van der Waals surface area (Å²) in [6.07, 6.45) is 6.93. The van der Waals surface area contributed by atoms with Crippen molar-refractivity contribution < 1.29 is 9.47 Å². The Bertz CT molecular complexity index is 187. The molecule has 0 aromatic carbocycles. The van der Waals surface area contributed by atoms with Gasteiger partial charge >= 0.3 is 0 Å². The molecule has 0 saturated carbocycles. The lowest BCUT2D eigenvalue weighted by Gasteiger charge is -2.16. The van der Waals surface area contributed by atoms with Crippen molar-refractivity contribution in [2.24, 2.45) is 0 Å². The molecule has 0 aliphatic carbocycles. The van der Waals surface area contributed by atoms with Crippen molar-refractivity contribution in [2.75, 3.05) is 0 Å². The standard InChI is InChI=1S/C12H22O2/c1-5-7-8-9-11-10(6-2)13-12(3,4)14-11/h6,10-11H,2,5,7-9H2,1,3-4H3. The van der Waals surface area contributed by atoms with Crippen LogP contribution in [0.5, 0.6) is 0 Å². The molecule has 0 radical (unpaired) electrons. The van der Waals surface area contributed by atoms with Gasteiger partial charge in [0.15, 0.2) is 5.79 Å². The van der Waals surface area contributed by atoms with Gasteiger partial charge in [-0.3, -0.25) is 0 Å². The Kier molecular flexibility index (Phi) is 4.14. The second-order valence-electron chi connectivity index (χ2n) is 4.37. The van der Waals surface area contributed by atoms with Crippen molar-refractivity contribution in [3.8, 4) is 0 Å². The molecule has 1 rings (SSSR count). The van der Waals surface area contributed by atoms with Crippen LogP contribution in [0.3, 0.4) is 0 Å². The molecule has 1 saturated heterocycles. The molecule has 0 bridgehead atoms. The molecule has 2 heteroatoms. The Morgan fingerprint density at radius 1 is 1.29 bits per heavy atom. The van der Waals surface area contributed by atoms with E-state index in [1.54, 1.807) is 0 Å². The molecule has 2 unspecified atom stereocenters. The van der Waals surface area contributed by atoms with Crippen molar-refractivity contribution in [3.05, 3.63) is 12.7 Å².